The first-order chi connectivity index (χ1) is 9.56. The van der Waals surface area contributed by atoms with Crippen molar-refractivity contribution in [2.24, 2.45) is 28.9 Å². The Hall–Kier alpha value is -1.22. The Morgan fingerprint density at radius 1 is 0.950 bits per heavy atom. The average Bonchev–Trinajstić information content (AvgIpc) is 2.39. The fraction of sp³-hybridized carbons (Fsp3) is 0.647. The first-order valence-electron chi connectivity index (χ1n) is 7.83. The zero-order valence-corrected chi connectivity index (χ0v) is 11.8. The Balaban J connectivity index is 1.67. The van der Waals surface area contributed by atoms with Crippen molar-refractivity contribution in [1.29, 1.82) is 0 Å². The molecule has 0 amide bonds. The van der Waals surface area contributed by atoms with Gasteiger partial charge in [-0.25, -0.2) is 0 Å². The molecule has 5 rings (SSSR count). The lowest BCUT2D eigenvalue weighted by Crippen LogP contribution is -2.50. The number of phenolic OH excluding ortho intramolecular Hbond substituents is 2. The summed E-state index contributed by atoms with van der Waals surface area (Å²) in [7, 11) is 0. The van der Waals surface area contributed by atoms with Crippen molar-refractivity contribution in [3.8, 4) is 11.5 Å². The van der Waals surface area contributed by atoms with Crippen LogP contribution in [0.3, 0.4) is 0 Å². The number of aromatic hydroxyl groups is 2. The molecule has 4 aliphatic carbocycles. The summed E-state index contributed by atoms with van der Waals surface area (Å²) in [6.07, 6.45) is 7.98. The van der Waals surface area contributed by atoms with Crippen LogP contribution in [0.5, 0.6) is 11.5 Å². The van der Waals surface area contributed by atoms with E-state index in [1.54, 1.807) is 12.1 Å². The second-order valence-corrected chi connectivity index (χ2v) is 7.51. The summed E-state index contributed by atoms with van der Waals surface area (Å²) >= 11 is 0. The average molecular weight is 273 g/mol. The van der Waals surface area contributed by atoms with Crippen LogP contribution >= 0.6 is 0 Å². The number of benzene rings is 1. The molecule has 0 radical (unpaired) electrons. The van der Waals surface area contributed by atoms with Gasteiger partial charge in [0.25, 0.3) is 0 Å². The fourth-order valence-electron chi connectivity index (χ4n) is 5.65. The number of hydrogen-bond donors (Lipinski definition) is 3. The van der Waals surface area contributed by atoms with Crippen LogP contribution in [-0.4, -0.2) is 10.2 Å². The summed E-state index contributed by atoms with van der Waals surface area (Å²) in [4.78, 5) is 0. The highest BCUT2D eigenvalue weighted by atomic mass is 16.3. The molecule has 0 saturated heterocycles. The van der Waals surface area contributed by atoms with E-state index in [9.17, 15) is 10.2 Å². The lowest BCUT2D eigenvalue weighted by atomic mass is 9.47. The fourth-order valence-corrected chi connectivity index (χ4v) is 5.65. The largest absolute Gasteiger partial charge is 0.504 e. The third-order valence-electron chi connectivity index (χ3n) is 6.10. The summed E-state index contributed by atoms with van der Waals surface area (Å²) in [5.41, 5.74) is 7.83. The van der Waals surface area contributed by atoms with Crippen LogP contribution in [0.25, 0.3) is 0 Å². The van der Waals surface area contributed by atoms with Crippen LogP contribution in [0.1, 0.15) is 50.1 Å². The van der Waals surface area contributed by atoms with Crippen LogP contribution in [0.15, 0.2) is 18.2 Å². The second kappa shape index (κ2) is 4.14. The summed E-state index contributed by atoms with van der Waals surface area (Å²) in [5.74, 6) is 2.50. The monoisotopic (exact) mass is 273 g/mol. The molecule has 4 bridgehead atoms. The number of nitrogens with two attached hydrogens (primary N) is 1. The lowest BCUT2D eigenvalue weighted by molar-refractivity contribution is -0.0678. The maximum atomic E-state index is 9.73. The summed E-state index contributed by atoms with van der Waals surface area (Å²) in [6.45, 7) is 0. The van der Waals surface area contributed by atoms with Gasteiger partial charge in [-0.3, -0.25) is 0 Å². The highest BCUT2D eigenvalue weighted by Gasteiger charge is 2.53. The van der Waals surface area contributed by atoms with Crippen LogP contribution < -0.4 is 5.73 Å². The molecular weight excluding hydrogens is 250 g/mol. The van der Waals surface area contributed by atoms with Gasteiger partial charge in [0.15, 0.2) is 11.5 Å². The molecule has 3 nitrogen and oxygen atoms in total. The molecular formula is C17H23NO2. The molecule has 1 atom stereocenters. The third-order valence-corrected chi connectivity index (χ3v) is 6.10. The molecule has 4 aliphatic rings. The molecule has 1 aromatic rings. The van der Waals surface area contributed by atoms with E-state index in [2.05, 4.69) is 0 Å². The third kappa shape index (κ3) is 1.76. The van der Waals surface area contributed by atoms with Crippen LogP contribution in [0.2, 0.25) is 0 Å². The van der Waals surface area contributed by atoms with E-state index in [1.165, 1.54) is 38.5 Å². The quantitative estimate of drug-likeness (QED) is 0.724. The summed E-state index contributed by atoms with van der Waals surface area (Å²) in [5, 5.41) is 19.2. The number of phenols is 2. The topological polar surface area (TPSA) is 66.5 Å². The first kappa shape index (κ1) is 12.5. The van der Waals surface area contributed by atoms with Crippen molar-refractivity contribution in [3.63, 3.8) is 0 Å². The highest BCUT2D eigenvalue weighted by Crippen LogP contribution is 2.63. The standard InChI is InChI=1S/C17H23NO2/c18-16(13-1-2-14(19)15(20)6-13)17-7-10-3-11(8-17)5-12(4-10)9-17/h1-2,6,10-12,16,19-20H,3-5,7-9,18H2. The van der Waals surface area contributed by atoms with Gasteiger partial charge in [-0.1, -0.05) is 6.07 Å². The molecule has 1 unspecified atom stereocenters. The Kier molecular flexibility index (Phi) is 2.59. The predicted octanol–water partition coefficient (Wildman–Crippen LogP) is 3.31. The molecule has 3 heteroatoms. The van der Waals surface area contributed by atoms with Crippen LogP contribution in [0.4, 0.5) is 0 Å². The number of rotatable bonds is 2. The second-order valence-electron chi connectivity index (χ2n) is 7.51. The van der Waals surface area contributed by atoms with Gasteiger partial charge < -0.3 is 15.9 Å². The molecule has 0 aliphatic heterocycles. The van der Waals surface area contributed by atoms with Gasteiger partial charge in [-0.05, 0) is 79.4 Å². The van der Waals surface area contributed by atoms with Crippen molar-refractivity contribution in [1.82, 2.24) is 0 Å². The molecule has 20 heavy (non-hydrogen) atoms. The van der Waals surface area contributed by atoms with Gasteiger partial charge in [0, 0.05) is 6.04 Å². The van der Waals surface area contributed by atoms with Gasteiger partial charge in [0.2, 0.25) is 0 Å². The van der Waals surface area contributed by atoms with E-state index >= 15 is 0 Å². The van der Waals surface area contributed by atoms with Crippen molar-refractivity contribution in [2.75, 3.05) is 0 Å². The Bertz CT molecular complexity index is 505. The zero-order chi connectivity index (χ0) is 13.9. The van der Waals surface area contributed by atoms with Crippen molar-refractivity contribution in [3.05, 3.63) is 23.8 Å². The lowest BCUT2D eigenvalue weighted by Gasteiger charge is -2.59. The van der Waals surface area contributed by atoms with E-state index in [4.69, 9.17) is 5.73 Å². The molecule has 4 saturated carbocycles. The van der Waals surface area contributed by atoms with E-state index in [0.717, 1.165) is 23.3 Å². The maximum absolute atomic E-state index is 9.73. The van der Waals surface area contributed by atoms with E-state index in [1.807, 2.05) is 6.07 Å². The summed E-state index contributed by atoms with van der Waals surface area (Å²) < 4.78 is 0. The minimum Gasteiger partial charge on any atom is -0.504 e. The maximum Gasteiger partial charge on any atom is 0.157 e. The van der Waals surface area contributed by atoms with E-state index in [0.29, 0.717) is 0 Å². The molecule has 0 heterocycles. The van der Waals surface area contributed by atoms with Crippen molar-refractivity contribution < 1.29 is 10.2 Å². The van der Waals surface area contributed by atoms with Gasteiger partial charge >= 0.3 is 0 Å². The Morgan fingerprint density at radius 2 is 1.50 bits per heavy atom. The minimum atomic E-state index is -0.0635. The zero-order valence-electron chi connectivity index (χ0n) is 11.8. The molecule has 0 aromatic heterocycles. The number of hydrogen-bond acceptors (Lipinski definition) is 3. The van der Waals surface area contributed by atoms with E-state index < -0.39 is 0 Å². The van der Waals surface area contributed by atoms with Crippen molar-refractivity contribution in [2.45, 2.75) is 44.6 Å². The Morgan fingerprint density at radius 3 is 2.00 bits per heavy atom. The predicted molar refractivity (Wildman–Crippen MR) is 77.3 cm³/mol. The first-order valence-corrected chi connectivity index (χ1v) is 7.83. The molecule has 108 valence electrons. The highest BCUT2D eigenvalue weighted by molar-refractivity contribution is 5.42. The molecule has 4 N–H and O–H groups in total. The molecule has 4 fully saturated rings. The van der Waals surface area contributed by atoms with Gasteiger partial charge in [-0.2, -0.15) is 0 Å². The SMILES string of the molecule is NC(c1ccc(O)c(O)c1)C12CC3CC(CC(C3)C1)C2. The smallest absolute Gasteiger partial charge is 0.157 e. The van der Waals surface area contributed by atoms with Crippen LogP contribution in [0, 0.1) is 23.2 Å². The van der Waals surface area contributed by atoms with Gasteiger partial charge in [0.05, 0.1) is 0 Å². The Labute approximate surface area is 119 Å². The molecule has 0 spiro atoms. The van der Waals surface area contributed by atoms with Crippen LogP contribution in [-0.2, 0) is 0 Å². The van der Waals surface area contributed by atoms with Crippen molar-refractivity contribution >= 4 is 0 Å². The minimum absolute atomic E-state index is 0.0117. The van der Waals surface area contributed by atoms with Gasteiger partial charge in [0.1, 0.15) is 0 Å². The van der Waals surface area contributed by atoms with Gasteiger partial charge in [-0.15, -0.1) is 0 Å². The van der Waals surface area contributed by atoms with E-state index in [-0.39, 0.29) is 23.0 Å². The normalized spacial score (nSPS) is 40.0. The molecule has 1 aromatic carbocycles. The summed E-state index contributed by atoms with van der Waals surface area (Å²) in [6, 6.07) is 5.07.